The van der Waals surface area contributed by atoms with E-state index in [1.54, 1.807) is 12.1 Å². The third-order valence-electron chi connectivity index (χ3n) is 4.58. The van der Waals surface area contributed by atoms with E-state index in [2.05, 4.69) is 9.55 Å². The molecular formula is C17H22ClFN2. The molecule has 1 aromatic carbocycles. The maximum absolute atomic E-state index is 13.5. The summed E-state index contributed by atoms with van der Waals surface area (Å²) in [5, 5.41) is 0. The fourth-order valence-corrected chi connectivity index (χ4v) is 3.68. The van der Waals surface area contributed by atoms with Gasteiger partial charge < -0.3 is 4.57 Å². The first-order valence-corrected chi connectivity index (χ1v) is 8.52. The molecule has 4 heteroatoms. The third kappa shape index (κ3) is 3.39. The number of halogens is 2. The normalized spacial score (nSPS) is 16.1. The second-order valence-corrected chi connectivity index (χ2v) is 6.42. The summed E-state index contributed by atoms with van der Waals surface area (Å²) in [6.45, 7) is 0.919. The van der Waals surface area contributed by atoms with Crippen molar-refractivity contribution in [1.82, 2.24) is 9.55 Å². The molecule has 0 bridgehead atoms. The second kappa shape index (κ2) is 6.78. The molecule has 1 fully saturated rings. The van der Waals surface area contributed by atoms with E-state index in [1.165, 1.54) is 38.2 Å². The molecule has 0 N–H and O–H groups in total. The molecule has 0 unspecified atom stereocenters. The molecule has 3 rings (SSSR count). The number of hydrogen-bond donors (Lipinski definition) is 0. The molecule has 1 heterocycles. The number of benzene rings is 1. The predicted octanol–water partition coefficient (Wildman–Crippen LogP) is 4.93. The fourth-order valence-electron chi connectivity index (χ4n) is 3.51. The molecule has 0 saturated heterocycles. The molecular weight excluding hydrogens is 287 g/mol. The summed E-state index contributed by atoms with van der Waals surface area (Å²) in [7, 11) is 0. The lowest BCUT2D eigenvalue weighted by Gasteiger charge is -2.11. The van der Waals surface area contributed by atoms with E-state index in [-0.39, 0.29) is 5.82 Å². The first kappa shape index (κ1) is 14.8. The number of hydrogen-bond acceptors (Lipinski definition) is 1. The van der Waals surface area contributed by atoms with Crippen LogP contribution in [0.5, 0.6) is 0 Å². The number of imidazole rings is 1. The SMILES string of the molecule is Fc1ccc2nc(CCCl)n(CCCC3CCCC3)c2c1. The lowest BCUT2D eigenvalue weighted by molar-refractivity contribution is 0.458. The molecule has 0 spiro atoms. The van der Waals surface area contributed by atoms with Gasteiger partial charge in [0.1, 0.15) is 11.6 Å². The van der Waals surface area contributed by atoms with Crippen molar-refractivity contribution < 1.29 is 4.39 Å². The standard InChI is InChI=1S/C17H22ClFN2/c18-10-9-17-20-15-8-7-14(19)12-16(15)21(17)11-3-6-13-4-1-2-5-13/h7-8,12-13H,1-6,9-11H2. The van der Waals surface area contributed by atoms with E-state index in [0.717, 1.165) is 42.2 Å². The van der Waals surface area contributed by atoms with Crippen molar-refractivity contribution in [3.63, 3.8) is 0 Å². The van der Waals surface area contributed by atoms with Crippen LogP contribution in [0.2, 0.25) is 0 Å². The van der Waals surface area contributed by atoms with Crippen molar-refractivity contribution >= 4 is 22.6 Å². The minimum Gasteiger partial charge on any atom is -0.328 e. The average Bonchev–Trinajstić information content (AvgIpc) is 3.08. The summed E-state index contributed by atoms with van der Waals surface area (Å²) in [5.74, 6) is 2.23. The number of rotatable bonds is 6. The van der Waals surface area contributed by atoms with Crippen molar-refractivity contribution in [2.24, 2.45) is 5.92 Å². The number of aromatic nitrogens is 2. The van der Waals surface area contributed by atoms with Gasteiger partial charge >= 0.3 is 0 Å². The molecule has 2 aromatic rings. The second-order valence-electron chi connectivity index (χ2n) is 6.04. The Morgan fingerprint density at radius 3 is 2.86 bits per heavy atom. The molecule has 1 aromatic heterocycles. The van der Waals surface area contributed by atoms with Gasteiger partial charge in [-0.3, -0.25) is 0 Å². The van der Waals surface area contributed by atoms with Crippen molar-refractivity contribution in [1.29, 1.82) is 0 Å². The molecule has 2 nitrogen and oxygen atoms in total. The van der Waals surface area contributed by atoms with E-state index < -0.39 is 0 Å². The van der Waals surface area contributed by atoms with Crippen LogP contribution in [0.15, 0.2) is 18.2 Å². The summed E-state index contributed by atoms with van der Waals surface area (Å²) < 4.78 is 15.7. The molecule has 0 amide bonds. The first-order valence-electron chi connectivity index (χ1n) is 7.98. The summed E-state index contributed by atoms with van der Waals surface area (Å²) in [5.41, 5.74) is 1.78. The van der Waals surface area contributed by atoms with Crippen LogP contribution >= 0.6 is 11.6 Å². The minimum atomic E-state index is -0.197. The highest BCUT2D eigenvalue weighted by atomic mass is 35.5. The summed E-state index contributed by atoms with van der Waals surface area (Å²) in [4.78, 5) is 4.61. The van der Waals surface area contributed by atoms with Crippen molar-refractivity contribution in [3.05, 3.63) is 29.8 Å². The van der Waals surface area contributed by atoms with Gasteiger partial charge in [-0.15, -0.1) is 11.6 Å². The third-order valence-corrected chi connectivity index (χ3v) is 4.77. The maximum Gasteiger partial charge on any atom is 0.125 e. The van der Waals surface area contributed by atoms with Crippen LogP contribution in [0.3, 0.4) is 0 Å². The number of nitrogens with zero attached hydrogens (tertiary/aromatic N) is 2. The molecule has 1 aliphatic rings. The Morgan fingerprint density at radius 2 is 2.10 bits per heavy atom. The van der Waals surface area contributed by atoms with Crippen LogP contribution in [0.4, 0.5) is 4.39 Å². The topological polar surface area (TPSA) is 17.8 Å². The van der Waals surface area contributed by atoms with Crippen LogP contribution in [-0.2, 0) is 13.0 Å². The van der Waals surface area contributed by atoms with Gasteiger partial charge in [-0.25, -0.2) is 9.37 Å². The Hall–Kier alpha value is -1.09. The highest BCUT2D eigenvalue weighted by molar-refractivity contribution is 6.17. The van der Waals surface area contributed by atoms with Crippen molar-refractivity contribution in [2.45, 2.75) is 51.5 Å². The number of fused-ring (bicyclic) bond motifs is 1. The van der Waals surface area contributed by atoms with Crippen LogP contribution < -0.4 is 0 Å². The molecule has 21 heavy (non-hydrogen) atoms. The molecule has 0 aliphatic heterocycles. The molecule has 0 radical (unpaired) electrons. The molecule has 1 saturated carbocycles. The fraction of sp³-hybridized carbons (Fsp3) is 0.588. The summed E-state index contributed by atoms with van der Waals surface area (Å²) in [6.07, 6.45) is 8.70. The van der Waals surface area contributed by atoms with Crippen molar-refractivity contribution in [2.75, 3.05) is 5.88 Å². The molecule has 114 valence electrons. The van der Waals surface area contributed by atoms with Gasteiger partial charge in [0.2, 0.25) is 0 Å². The Morgan fingerprint density at radius 1 is 1.29 bits per heavy atom. The minimum absolute atomic E-state index is 0.197. The Kier molecular flexibility index (Phi) is 4.79. The first-order chi connectivity index (χ1) is 10.3. The monoisotopic (exact) mass is 308 g/mol. The lowest BCUT2D eigenvalue weighted by Crippen LogP contribution is -2.06. The number of aryl methyl sites for hydroxylation is 2. The zero-order chi connectivity index (χ0) is 14.7. The van der Waals surface area contributed by atoms with Crippen molar-refractivity contribution in [3.8, 4) is 0 Å². The largest absolute Gasteiger partial charge is 0.328 e. The van der Waals surface area contributed by atoms with Gasteiger partial charge in [-0.1, -0.05) is 25.7 Å². The summed E-state index contributed by atoms with van der Waals surface area (Å²) in [6, 6.07) is 4.83. The van der Waals surface area contributed by atoms with E-state index in [9.17, 15) is 4.39 Å². The lowest BCUT2D eigenvalue weighted by atomic mass is 10.0. The van der Waals surface area contributed by atoms with Crippen LogP contribution in [0.25, 0.3) is 11.0 Å². The van der Waals surface area contributed by atoms with Gasteiger partial charge in [-0.05, 0) is 37.0 Å². The highest BCUT2D eigenvalue weighted by Crippen LogP contribution is 2.29. The van der Waals surface area contributed by atoms with E-state index in [4.69, 9.17) is 11.6 Å². The van der Waals surface area contributed by atoms with E-state index >= 15 is 0 Å². The van der Waals surface area contributed by atoms with Gasteiger partial charge in [0.05, 0.1) is 11.0 Å². The van der Waals surface area contributed by atoms with Gasteiger partial charge in [0.25, 0.3) is 0 Å². The summed E-state index contributed by atoms with van der Waals surface area (Å²) >= 11 is 5.88. The Bertz CT molecular complexity index is 602. The van der Waals surface area contributed by atoms with Gasteiger partial charge in [-0.2, -0.15) is 0 Å². The van der Waals surface area contributed by atoms with E-state index in [1.807, 2.05) is 0 Å². The zero-order valence-corrected chi connectivity index (χ0v) is 13.1. The zero-order valence-electron chi connectivity index (χ0n) is 12.3. The predicted molar refractivity (Wildman–Crippen MR) is 85.3 cm³/mol. The highest BCUT2D eigenvalue weighted by Gasteiger charge is 2.16. The van der Waals surface area contributed by atoms with Gasteiger partial charge in [0.15, 0.2) is 0 Å². The van der Waals surface area contributed by atoms with Crippen LogP contribution in [0.1, 0.15) is 44.3 Å². The van der Waals surface area contributed by atoms with Crippen LogP contribution in [-0.4, -0.2) is 15.4 Å². The maximum atomic E-state index is 13.5. The quantitative estimate of drug-likeness (QED) is 0.692. The molecule has 1 aliphatic carbocycles. The Labute approximate surface area is 130 Å². The van der Waals surface area contributed by atoms with E-state index in [0.29, 0.717) is 5.88 Å². The molecule has 0 atom stereocenters. The Balaban J connectivity index is 1.77. The average molecular weight is 309 g/mol. The number of alkyl halides is 1. The van der Waals surface area contributed by atoms with Crippen LogP contribution in [0, 0.1) is 11.7 Å². The smallest absolute Gasteiger partial charge is 0.125 e. The van der Waals surface area contributed by atoms with Gasteiger partial charge in [0, 0.05) is 18.8 Å².